The van der Waals surface area contributed by atoms with Crippen molar-refractivity contribution in [1.29, 1.82) is 0 Å². The van der Waals surface area contributed by atoms with Crippen molar-refractivity contribution in [2.45, 2.75) is 44.4 Å². The molecule has 0 aliphatic carbocycles. The van der Waals surface area contributed by atoms with Crippen molar-refractivity contribution in [3.63, 3.8) is 0 Å². The molecular formula is C25H29F2N3O3. The van der Waals surface area contributed by atoms with Crippen molar-refractivity contribution in [2.24, 2.45) is 0 Å². The molecular weight excluding hydrogens is 428 g/mol. The molecule has 0 atom stereocenters. The van der Waals surface area contributed by atoms with Gasteiger partial charge in [-0.15, -0.1) is 0 Å². The summed E-state index contributed by atoms with van der Waals surface area (Å²) in [4.78, 5) is 26.7. The van der Waals surface area contributed by atoms with Gasteiger partial charge < -0.3 is 9.73 Å². The van der Waals surface area contributed by atoms with Crippen LogP contribution in [0.4, 0.5) is 13.6 Å². The molecule has 0 unspecified atom stereocenters. The number of fused-ring (bicyclic) bond motifs is 1. The van der Waals surface area contributed by atoms with Crippen LogP contribution in [0.15, 0.2) is 57.7 Å². The van der Waals surface area contributed by atoms with Gasteiger partial charge in [-0.05, 0) is 74.4 Å². The number of alkyl halides is 2. The molecule has 176 valence electrons. The van der Waals surface area contributed by atoms with E-state index in [9.17, 15) is 18.4 Å². The van der Waals surface area contributed by atoms with Crippen LogP contribution in [0.2, 0.25) is 0 Å². The van der Waals surface area contributed by atoms with Crippen molar-refractivity contribution in [1.82, 2.24) is 14.8 Å². The molecule has 0 saturated carbocycles. The first-order valence-corrected chi connectivity index (χ1v) is 11.5. The molecule has 1 aliphatic heterocycles. The number of hydrogen-bond donors (Lipinski definition) is 1. The number of likely N-dealkylation sites (tertiary alicyclic amines) is 1. The predicted octanol–water partition coefficient (Wildman–Crippen LogP) is 4.62. The maximum atomic E-state index is 12.6. The highest BCUT2D eigenvalue weighted by Crippen LogP contribution is 2.30. The number of unbranched alkanes of at least 4 members (excludes halogenated alkanes) is 1. The Morgan fingerprint density at radius 3 is 2.58 bits per heavy atom. The summed E-state index contributed by atoms with van der Waals surface area (Å²) in [6.45, 7) is 1.51. The molecule has 1 fully saturated rings. The summed E-state index contributed by atoms with van der Waals surface area (Å²) in [5, 5.41) is 2.80. The third kappa shape index (κ3) is 5.87. The van der Waals surface area contributed by atoms with Crippen LogP contribution in [0.5, 0.6) is 0 Å². The minimum atomic E-state index is -2.32. The van der Waals surface area contributed by atoms with Gasteiger partial charge in [0, 0.05) is 6.54 Å². The Kier molecular flexibility index (Phi) is 7.54. The van der Waals surface area contributed by atoms with E-state index in [0.29, 0.717) is 30.7 Å². The van der Waals surface area contributed by atoms with E-state index < -0.39 is 18.2 Å². The number of piperidine rings is 1. The summed E-state index contributed by atoms with van der Waals surface area (Å²) in [5.74, 6) is -0.494. The molecule has 3 aromatic rings. The van der Waals surface area contributed by atoms with Crippen molar-refractivity contribution in [3.8, 4) is 0 Å². The summed E-state index contributed by atoms with van der Waals surface area (Å²) in [6, 6.07) is 15.1. The van der Waals surface area contributed by atoms with Crippen LogP contribution >= 0.6 is 0 Å². The van der Waals surface area contributed by atoms with Gasteiger partial charge in [-0.25, -0.2) is 18.4 Å². The van der Waals surface area contributed by atoms with E-state index in [1.54, 1.807) is 17.0 Å². The van der Waals surface area contributed by atoms with Crippen LogP contribution in [-0.4, -0.2) is 48.1 Å². The monoisotopic (exact) mass is 457 g/mol. The van der Waals surface area contributed by atoms with E-state index >= 15 is 0 Å². The third-order valence-electron chi connectivity index (χ3n) is 6.27. The normalized spacial score (nSPS) is 15.4. The van der Waals surface area contributed by atoms with Crippen LogP contribution < -0.4 is 11.1 Å². The van der Waals surface area contributed by atoms with Gasteiger partial charge in [0.15, 0.2) is 5.58 Å². The first kappa shape index (κ1) is 23.2. The van der Waals surface area contributed by atoms with Gasteiger partial charge in [-0.1, -0.05) is 36.4 Å². The van der Waals surface area contributed by atoms with Gasteiger partial charge in [-0.2, -0.15) is 4.57 Å². The van der Waals surface area contributed by atoms with Crippen LogP contribution in [-0.2, 0) is 6.42 Å². The fourth-order valence-electron chi connectivity index (χ4n) is 4.50. The zero-order chi connectivity index (χ0) is 23.2. The van der Waals surface area contributed by atoms with Crippen LogP contribution in [0.1, 0.15) is 42.7 Å². The molecule has 0 spiro atoms. The van der Waals surface area contributed by atoms with Gasteiger partial charge in [0.2, 0.25) is 0 Å². The molecule has 1 N–H and O–H groups in total. The summed E-state index contributed by atoms with van der Waals surface area (Å²) in [5.41, 5.74) is 3.06. The number of nitrogens with zero attached hydrogens (tertiary/aromatic N) is 2. The van der Waals surface area contributed by atoms with Crippen molar-refractivity contribution in [2.75, 3.05) is 26.2 Å². The van der Waals surface area contributed by atoms with E-state index in [-0.39, 0.29) is 12.5 Å². The molecule has 1 aliphatic rings. The summed E-state index contributed by atoms with van der Waals surface area (Å²) in [6.07, 6.45) is 1.90. The average Bonchev–Trinajstić information content (AvgIpc) is 3.14. The molecule has 33 heavy (non-hydrogen) atoms. The quantitative estimate of drug-likeness (QED) is 0.502. The number of benzene rings is 2. The Hall–Kier alpha value is -3.00. The fraction of sp³-hybridized carbons (Fsp3) is 0.440. The topological polar surface area (TPSA) is 67.5 Å². The summed E-state index contributed by atoms with van der Waals surface area (Å²) >= 11 is 0. The number of amides is 1. The van der Waals surface area contributed by atoms with Crippen LogP contribution in [0.3, 0.4) is 0 Å². The smallest absolute Gasteiger partial charge is 0.407 e. The number of rotatable bonds is 8. The lowest BCUT2D eigenvalue weighted by molar-refractivity contribution is 0.0754. The highest BCUT2D eigenvalue weighted by molar-refractivity contribution is 5.88. The lowest BCUT2D eigenvalue weighted by atomic mass is 9.89. The van der Waals surface area contributed by atoms with Crippen molar-refractivity contribution < 1.29 is 18.0 Å². The van der Waals surface area contributed by atoms with Gasteiger partial charge in [0.1, 0.15) is 0 Å². The molecule has 0 radical (unpaired) electrons. The third-order valence-corrected chi connectivity index (χ3v) is 6.27. The fourth-order valence-corrected chi connectivity index (χ4v) is 4.50. The second-order valence-corrected chi connectivity index (χ2v) is 8.57. The molecule has 6 nitrogen and oxygen atoms in total. The summed E-state index contributed by atoms with van der Waals surface area (Å²) in [7, 11) is 0. The van der Waals surface area contributed by atoms with Gasteiger partial charge >= 0.3 is 11.8 Å². The van der Waals surface area contributed by atoms with Crippen molar-refractivity contribution >= 4 is 17.1 Å². The molecule has 2 aromatic carbocycles. The molecule has 0 bridgehead atoms. The highest BCUT2D eigenvalue weighted by Gasteiger charge is 2.24. The number of carbonyl (C=O) groups is 1. The maximum absolute atomic E-state index is 12.6. The summed E-state index contributed by atoms with van der Waals surface area (Å²) < 4.78 is 31.6. The zero-order valence-corrected chi connectivity index (χ0v) is 18.5. The van der Waals surface area contributed by atoms with Crippen molar-refractivity contribution in [3.05, 3.63) is 70.2 Å². The average molecular weight is 458 g/mol. The standard InChI is InChI=1S/C25H29F2N3O3/c26-23(27)17-29-14-11-19(12-15-29)20-9-10-21-22(16-20)33-25(32)30(21)24(31)28-13-5-4-8-18-6-2-1-3-7-18/h1-3,6-7,9-10,16,19,23H,4-5,8,11-15,17H2,(H,28,31). The van der Waals surface area contributed by atoms with Gasteiger partial charge in [0.05, 0.1) is 12.1 Å². The lowest BCUT2D eigenvalue weighted by Gasteiger charge is -2.31. The van der Waals surface area contributed by atoms with E-state index in [4.69, 9.17) is 4.42 Å². The predicted molar refractivity (Wildman–Crippen MR) is 123 cm³/mol. The molecule has 1 amide bonds. The second kappa shape index (κ2) is 10.7. The van der Waals surface area contributed by atoms with Gasteiger partial charge in [0.25, 0.3) is 6.43 Å². The molecule has 8 heteroatoms. The zero-order valence-electron chi connectivity index (χ0n) is 18.5. The largest absolute Gasteiger partial charge is 0.428 e. The number of nitrogens with one attached hydrogen (secondary N) is 1. The molecule has 4 rings (SSSR count). The Morgan fingerprint density at radius 1 is 1.09 bits per heavy atom. The molecule has 1 aromatic heterocycles. The SMILES string of the molecule is O=C(NCCCCc1ccccc1)n1c(=O)oc2cc(C3CCN(CC(F)F)CC3)ccc21. The Bertz CT molecular complexity index is 1120. The lowest BCUT2D eigenvalue weighted by Crippen LogP contribution is -2.36. The van der Waals surface area contributed by atoms with E-state index in [1.165, 1.54) is 5.56 Å². The number of aromatic nitrogens is 1. The van der Waals surface area contributed by atoms with E-state index in [0.717, 1.165) is 42.2 Å². The maximum Gasteiger partial charge on any atom is 0.428 e. The van der Waals surface area contributed by atoms with Gasteiger partial charge in [-0.3, -0.25) is 4.90 Å². The number of carbonyl (C=O) groups excluding carboxylic acids is 1. The first-order chi connectivity index (χ1) is 16.0. The number of aryl methyl sites for hydroxylation is 1. The first-order valence-electron chi connectivity index (χ1n) is 11.5. The highest BCUT2D eigenvalue weighted by atomic mass is 19.3. The minimum absolute atomic E-state index is 0.190. The molecule has 1 saturated heterocycles. The Balaban J connectivity index is 1.33. The number of hydrogen-bond acceptors (Lipinski definition) is 4. The number of oxazole rings is 1. The minimum Gasteiger partial charge on any atom is -0.407 e. The van der Waals surface area contributed by atoms with E-state index in [2.05, 4.69) is 17.4 Å². The molecule has 2 heterocycles. The van der Waals surface area contributed by atoms with Crippen LogP contribution in [0.25, 0.3) is 11.1 Å². The Morgan fingerprint density at radius 2 is 1.85 bits per heavy atom. The Labute approximate surface area is 191 Å². The second-order valence-electron chi connectivity index (χ2n) is 8.57. The number of halogens is 2. The van der Waals surface area contributed by atoms with E-state index in [1.807, 2.05) is 24.3 Å². The van der Waals surface area contributed by atoms with Crippen LogP contribution in [0, 0.1) is 0 Å².